The molecule has 0 aliphatic heterocycles. The zero-order valence-electron chi connectivity index (χ0n) is 9.93. The van der Waals surface area contributed by atoms with Crippen LogP contribution in [-0.4, -0.2) is 22.7 Å². The van der Waals surface area contributed by atoms with Crippen molar-refractivity contribution in [3.63, 3.8) is 0 Å². The fraction of sp³-hybridized carbons (Fsp3) is 0.538. The average molecular weight is 235 g/mol. The maximum absolute atomic E-state index is 11.0. The van der Waals surface area contributed by atoms with Crippen molar-refractivity contribution in [2.75, 3.05) is 6.61 Å². The van der Waals surface area contributed by atoms with E-state index in [1.807, 2.05) is 13.0 Å². The largest absolute Gasteiger partial charge is 0.492 e. The third kappa shape index (κ3) is 2.57. The van der Waals surface area contributed by atoms with Crippen LogP contribution >= 0.6 is 0 Å². The Labute approximate surface area is 101 Å². The molecule has 1 N–H and O–H groups in total. The molecule has 4 heteroatoms. The summed E-state index contributed by atoms with van der Waals surface area (Å²) in [5, 5.41) is 9.02. The molecule has 0 radical (unpaired) electrons. The summed E-state index contributed by atoms with van der Waals surface area (Å²) in [7, 11) is 0. The van der Waals surface area contributed by atoms with Crippen LogP contribution in [0.25, 0.3) is 0 Å². The highest BCUT2D eigenvalue weighted by molar-refractivity contribution is 5.72. The van der Waals surface area contributed by atoms with Crippen LogP contribution in [0.1, 0.15) is 37.7 Å². The van der Waals surface area contributed by atoms with E-state index >= 15 is 0 Å². The maximum atomic E-state index is 11.0. The molecule has 2 atom stereocenters. The van der Waals surface area contributed by atoms with Crippen LogP contribution in [0.5, 0.6) is 5.75 Å². The van der Waals surface area contributed by atoms with Crippen molar-refractivity contribution in [1.29, 1.82) is 0 Å². The second kappa shape index (κ2) is 5.17. The third-order valence-electron chi connectivity index (χ3n) is 3.23. The SMILES string of the molecule is CCCOc1cncc(C2CCC2C(=O)O)c1. The second-order valence-electron chi connectivity index (χ2n) is 4.43. The Bertz CT molecular complexity index is 405. The molecule has 17 heavy (non-hydrogen) atoms. The number of pyridine rings is 1. The number of carboxylic acid groups (broad SMARTS) is 1. The number of carbonyl (C=O) groups is 1. The van der Waals surface area contributed by atoms with Crippen LogP contribution in [0, 0.1) is 5.92 Å². The molecule has 0 amide bonds. The molecule has 2 unspecified atom stereocenters. The lowest BCUT2D eigenvalue weighted by Crippen LogP contribution is -2.30. The molecule has 1 aromatic heterocycles. The average Bonchev–Trinajstić information content (AvgIpc) is 2.24. The van der Waals surface area contributed by atoms with Gasteiger partial charge in [-0.1, -0.05) is 6.92 Å². The summed E-state index contributed by atoms with van der Waals surface area (Å²) in [6, 6.07) is 1.92. The molecule has 0 spiro atoms. The fourth-order valence-corrected chi connectivity index (χ4v) is 2.13. The molecule has 1 aliphatic carbocycles. The fourth-order valence-electron chi connectivity index (χ4n) is 2.13. The van der Waals surface area contributed by atoms with E-state index in [4.69, 9.17) is 9.84 Å². The second-order valence-corrected chi connectivity index (χ2v) is 4.43. The minimum atomic E-state index is -0.707. The first-order valence-corrected chi connectivity index (χ1v) is 6.03. The first-order chi connectivity index (χ1) is 8.22. The van der Waals surface area contributed by atoms with Crippen molar-refractivity contribution in [2.24, 2.45) is 5.92 Å². The zero-order valence-corrected chi connectivity index (χ0v) is 9.93. The van der Waals surface area contributed by atoms with E-state index in [-0.39, 0.29) is 11.8 Å². The molecule has 92 valence electrons. The lowest BCUT2D eigenvalue weighted by Gasteiger charge is -2.33. The molecule has 4 nitrogen and oxygen atoms in total. The summed E-state index contributed by atoms with van der Waals surface area (Å²) in [6.45, 7) is 2.71. The minimum absolute atomic E-state index is 0.102. The number of ether oxygens (including phenoxy) is 1. The van der Waals surface area contributed by atoms with Gasteiger partial charge in [-0.2, -0.15) is 0 Å². The highest BCUT2D eigenvalue weighted by Gasteiger charge is 2.37. The van der Waals surface area contributed by atoms with Gasteiger partial charge in [-0.05, 0) is 36.8 Å². The van der Waals surface area contributed by atoms with Gasteiger partial charge in [0.1, 0.15) is 5.75 Å². The van der Waals surface area contributed by atoms with Crippen LogP contribution in [-0.2, 0) is 4.79 Å². The molecular formula is C13H17NO3. The highest BCUT2D eigenvalue weighted by atomic mass is 16.5. The van der Waals surface area contributed by atoms with Gasteiger partial charge in [-0.15, -0.1) is 0 Å². The first-order valence-electron chi connectivity index (χ1n) is 6.03. The van der Waals surface area contributed by atoms with Crippen molar-refractivity contribution in [1.82, 2.24) is 4.98 Å². The lowest BCUT2D eigenvalue weighted by molar-refractivity contribution is -0.145. The number of rotatable bonds is 5. The Morgan fingerprint density at radius 2 is 2.35 bits per heavy atom. The van der Waals surface area contributed by atoms with Gasteiger partial charge in [-0.3, -0.25) is 9.78 Å². The van der Waals surface area contributed by atoms with E-state index in [0.717, 1.165) is 30.6 Å². The number of hydrogen-bond donors (Lipinski definition) is 1. The van der Waals surface area contributed by atoms with Gasteiger partial charge in [0.25, 0.3) is 0 Å². The van der Waals surface area contributed by atoms with Gasteiger partial charge in [0.05, 0.1) is 18.7 Å². The Morgan fingerprint density at radius 3 is 2.94 bits per heavy atom. The predicted molar refractivity (Wildman–Crippen MR) is 63.1 cm³/mol. The van der Waals surface area contributed by atoms with E-state index in [1.165, 1.54) is 0 Å². The van der Waals surface area contributed by atoms with Gasteiger partial charge < -0.3 is 9.84 Å². The monoisotopic (exact) mass is 235 g/mol. The molecule has 1 aliphatic rings. The number of aromatic nitrogens is 1. The molecule has 1 saturated carbocycles. The number of nitrogens with zero attached hydrogens (tertiary/aromatic N) is 1. The summed E-state index contributed by atoms with van der Waals surface area (Å²) in [4.78, 5) is 15.1. The third-order valence-corrected chi connectivity index (χ3v) is 3.23. The Kier molecular flexibility index (Phi) is 3.61. The molecular weight excluding hydrogens is 218 g/mol. The van der Waals surface area contributed by atoms with Crippen LogP contribution < -0.4 is 4.74 Å². The predicted octanol–water partition coefficient (Wildman–Crippen LogP) is 2.45. The van der Waals surface area contributed by atoms with E-state index in [1.54, 1.807) is 12.4 Å². The van der Waals surface area contributed by atoms with E-state index in [0.29, 0.717) is 6.61 Å². The Balaban J connectivity index is 2.08. The van der Waals surface area contributed by atoms with Crippen molar-refractivity contribution in [2.45, 2.75) is 32.1 Å². The summed E-state index contributed by atoms with van der Waals surface area (Å²) in [5.74, 6) is -0.120. The van der Waals surface area contributed by atoms with Crippen LogP contribution in [0.2, 0.25) is 0 Å². The quantitative estimate of drug-likeness (QED) is 0.851. The summed E-state index contributed by atoms with van der Waals surface area (Å²) < 4.78 is 5.50. The molecule has 2 rings (SSSR count). The van der Waals surface area contributed by atoms with Crippen LogP contribution in [0.15, 0.2) is 18.5 Å². The molecule has 1 aromatic rings. The van der Waals surface area contributed by atoms with E-state index in [2.05, 4.69) is 4.98 Å². The summed E-state index contributed by atoms with van der Waals surface area (Å²) in [5.41, 5.74) is 0.984. The number of hydrogen-bond acceptors (Lipinski definition) is 3. The summed E-state index contributed by atoms with van der Waals surface area (Å²) >= 11 is 0. The van der Waals surface area contributed by atoms with Crippen molar-refractivity contribution >= 4 is 5.97 Å². The molecule has 1 fully saturated rings. The van der Waals surface area contributed by atoms with E-state index in [9.17, 15) is 4.79 Å². The lowest BCUT2D eigenvalue weighted by atomic mass is 9.70. The zero-order chi connectivity index (χ0) is 12.3. The number of carboxylic acids is 1. The van der Waals surface area contributed by atoms with Gasteiger partial charge >= 0.3 is 5.97 Å². The minimum Gasteiger partial charge on any atom is -0.492 e. The Hall–Kier alpha value is -1.58. The molecule has 1 heterocycles. The first kappa shape index (κ1) is 11.9. The van der Waals surface area contributed by atoms with E-state index < -0.39 is 5.97 Å². The highest BCUT2D eigenvalue weighted by Crippen LogP contribution is 2.42. The van der Waals surface area contributed by atoms with Gasteiger partial charge in [0.15, 0.2) is 0 Å². The van der Waals surface area contributed by atoms with Gasteiger partial charge in [0, 0.05) is 6.20 Å². The van der Waals surface area contributed by atoms with Crippen molar-refractivity contribution in [3.8, 4) is 5.75 Å². The number of aliphatic carboxylic acids is 1. The van der Waals surface area contributed by atoms with Gasteiger partial charge in [-0.25, -0.2) is 0 Å². The van der Waals surface area contributed by atoms with Gasteiger partial charge in [0.2, 0.25) is 0 Å². The Morgan fingerprint density at radius 1 is 1.53 bits per heavy atom. The molecule has 0 saturated heterocycles. The molecule has 0 aromatic carbocycles. The normalized spacial score (nSPS) is 22.9. The van der Waals surface area contributed by atoms with Crippen molar-refractivity contribution in [3.05, 3.63) is 24.0 Å². The smallest absolute Gasteiger partial charge is 0.307 e. The standard InChI is InChI=1S/C13H17NO3/c1-2-5-17-10-6-9(7-14-8-10)11-3-4-12(11)13(15)16/h6-8,11-12H,2-5H2,1H3,(H,15,16). The maximum Gasteiger partial charge on any atom is 0.307 e. The van der Waals surface area contributed by atoms with Crippen LogP contribution in [0.3, 0.4) is 0 Å². The van der Waals surface area contributed by atoms with Crippen molar-refractivity contribution < 1.29 is 14.6 Å². The summed E-state index contributed by atoms with van der Waals surface area (Å²) in [6.07, 6.45) is 6.06. The van der Waals surface area contributed by atoms with Crippen LogP contribution in [0.4, 0.5) is 0 Å². The topological polar surface area (TPSA) is 59.4 Å². The molecule has 0 bridgehead atoms.